The van der Waals surface area contributed by atoms with E-state index in [9.17, 15) is 0 Å². The molecule has 2 aliphatic heterocycles. The Bertz CT molecular complexity index is 1040. The number of benzene rings is 2. The van der Waals surface area contributed by atoms with Crippen molar-refractivity contribution in [1.82, 2.24) is 15.8 Å². The molecule has 0 bridgehead atoms. The summed E-state index contributed by atoms with van der Waals surface area (Å²) in [5, 5.41) is 10.8. The standard InChI is InChI=1S/C21H19N5O.2ClH/c1-2-16(12-17(3-1)21-24-10-11-25-21)19-13-18(26-27-19)14-4-6-15(7-5-14)20-22-8-9-23-20;;/h1-7,12-13H,8-11H2,(H,22,23)(H,24,25);2*1H. The van der Waals surface area contributed by atoms with E-state index >= 15 is 0 Å². The molecular weight excluding hydrogens is 409 g/mol. The van der Waals surface area contributed by atoms with Gasteiger partial charge in [-0.15, -0.1) is 24.8 Å². The first-order valence-corrected chi connectivity index (χ1v) is 9.12. The molecule has 5 rings (SSSR count). The molecule has 0 saturated carbocycles. The van der Waals surface area contributed by atoms with Crippen LogP contribution in [0, 0.1) is 0 Å². The third-order valence-electron chi connectivity index (χ3n) is 4.73. The Morgan fingerprint density at radius 3 is 1.97 bits per heavy atom. The van der Waals surface area contributed by atoms with Gasteiger partial charge in [-0.05, 0) is 6.07 Å². The third-order valence-corrected chi connectivity index (χ3v) is 4.73. The number of hydrogen-bond acceptors (Lipinski definition) is 6. The van der Waals surface area contributed by atoms with Crippen LogP contribution in [0.1, 0.15) is 11.1 Å². The summed E-state index contributed by atoms with van der Waals surface area (Å²) in [6, 6.07) is 18.4. The van der Waals surface area contributed by atoms with Gasteiger partial charge >= 0.3 is 0 Å². The zero-order valence-electron chi connectivity index (χ0n) is 15.6. The lowest BCUT2D eigenvalue weighted by Gasteiger charge is -2.03. The highest BCUT2D eigenvalue weighted by Gasteiger charge is 2.13. The molecule has 150 valence electrons. The molecule has 0 amide bonds. The van der Waals surface area contributed by atoms with Crippen LogP contribution in [0.15, 0.2) is 69.1 Å². The van der Waals surface area contributed by atoms with E-state index in [1.165, 1.54) is 0 Å². The lowest BCUT2D eigenvalue weighted by atomic mass is 10.1. The highest BCUT2D eigenvalue weighted by Crippen LogP contribution is 2.27. The molecule has 29 heavy (non-hydrogen) atoms. The number of rotatable bonds is 4. The van der Waals surface area contributed by atoms with Crippen LogP contribution in [0.3, 0.4) is 0 Å². The van der Waals surface area contributed by atoms with E-state index in [4.69, 9.17) is 4.52 Å². The predicted molar refractivity (Wildman–Crippen MR) is 121 cm³/mol. The van der Waals surface area contributed by atoms with Gasteiger partial charge in [0, 0.05) is 41.4 Å². The molecular formula is C21H21Cl2N5O. The average Bonchev–Trinajstić information content (AvgIpc) is 3.51. The fourth-order valence-corrected chi connectivity index (χ4v) is 3.35. The van der Waals surface area contributed by atoms with E-state index in [2.05, 4.69) is 50.0 Å². The highest BCUT2D eigenvalue weighted by atomic mass is 35.5. The topological polar surface area (TPSA) is 74.8 Å². The van der Waals surface area contributed by atoms with E-state index < -0.39 is 0 Å². The van der Waals surface area contributed by atoms with Crippen molar-refractivity contribution in [2.75, 3.05) is 26.2 Å². The zero-order valence-corrected chi connectivity index (χ0v) is 17.2. The zero-order chi connectivity index (χ0) is 18.1. The minimum atomic E-state index is 0. The van der Waals surface area contributed by atoms with Gasteiger partial charge in [-0.2, -0.15) is 0 Å². The van der Waals surface area contributed by atoms with Crippen LogP contribution in [0.2, 0.25) is 0 Å². The minimum Gasteiger partial charge on any atom is -0.368 e. The van der Waals surface area contributed by atoms with Crippen LogP contribution in [-0.4, -0.2) is 43.0 Å². The molecule has 0 radical (unpaired) electrons. The van der Waals surface area contributed by atoms with Crippen LogP contribution in [0.4, 0.5) is 0 Å². The van der Waals surface area contributed by atoms with Crippen molar-refractivity contribution in [2.24, 2.45) is 9.98 Å². The molecule has 0 fully saturated rings. The first kappa shape index (κ1) is 20.9. The van der Waals surface area contributed by atoms with E-state index in [1.54, 1.807) is 0 Å². The Hall–Kier alpha value is -2.83. The summed E-state index contributed by atoms with van der Waals surface area (Å²) in [5.74, 6) is 2.65. The Balaban J connectivity index is 0.00000120. The second-order valence-corrected chi connectivity index (χ2v) is 6.55. The van der Waals surface area contributed by atoms with Gasteiger partial charge in [-0.1, -0.05) is 47.6 Å². The number of aromatic nitrogens is 1. The minimum absolute atomic E-state index is 0. The van der Waals surface area contributed by atoms with E-state index in [-0.39, 0.29) is 24.8 Å². The number of nitrogens with zero attached hydrogens (tertiary/aromatic N) is 3. The molecule has 0 spiro atoms. The van der Waals surface area contributed by atoms with Crippen LogP contribution in [0.5, 0.6) is 0 Å². The number of aliphatic imine (C=N–C) groups is 2. The van der Waals surface area contributed by atoms with Crippen molar-refractivity contribution in [3.05, 3.63) is 65.7 Å². The summed E-state index contributed by atoms with van der Waals surface area (Å²) in [5.41, 5.74) is 4.99. The molecule has 3 aromatic rings. The molecule has 0 atom stereocenters. The average molecular weight is 430 g/mol. The van der Waals surface area contributed by atoms with E-state index in [0.717, 1.165) is 71.6 Å². The SMILES string of the molecule is Cl.Cl.c1cc(C2=NCCN2)cc(-c2cc(-c3ccc(C4=NCCN4)cc3)no2)c1. The molecule has 0 aliphatic carbocycles. The van der Waals surface area contributed by atoms with Crippen molar-refractivity contribution < 1.29 is 4.52 Å². The summed E-state index contributed by atoms with van der Waals surface area (Å²) in [6.07, 6.45) is 0. The van der Waals surface area contributed by atoms with Crippen molar-refractivity contribution >= 4 is 36.5 Å². The van der Waals surface area contributed by atoms with Gasteiger partial charge in [0.25, 0.3) is 0 Å². The third kappa shape index (κ3) is 4.28. The summed E-state index contributed by atoms with van der Waals surface area (Å²) in [7, 11) is 0. The van der Waals surface area contributed by atoms with Crippen molar-refractivity contribution in [3.63, 3.8) is 0 Å². The molecule has 8 heteroatoms. The molecule has 6 nitrogen and oxygen atoms in total. The highest BCUT2D eigenvalue weighted by molar-refractivity contribution is 6.01. The fourth-order valence-electron chi connectivity index (χ4n) is 3.35. The van der Waals surface area contributed by atoms with Crippen molar-refractivity contribution in [2.45, 2.75) is 0 Å². The van der Waals surface area contributed by atoms with Gasteiger partial charge in [0.2, 0.25) is 0 Å². The maximum atomic E-state index is 5.61. The molecule has 1 aromatic heterocycles. The largest absolute Gasteiger partial charge is 0.368 e. The van der Waals surface area contributed by atoms with E-state index in [1.807, 2.05) is 30.3 Å². The Kier molecular flexibility index (Phi) is 6.56. The van der Waals surface area contributed by atoms with Crippen LogP contribution in [0.25, 0.3) is 22.6 Å². The number of amidine groups is 2. The Labute approximate surface area is 181 Å². The first-order valence-electron chi connectivity index (χ1n) is 9.12. The lowest BCUT2D eigenvalue weighted by molar-refractivity contribution is 0.435. The molecule has 0 unspecified atom stereocenters. The maximum absolute atomic E-state index is 5.61. The molecule has 2 N–H and O–H groups in total. The van der Waals surface area contributed by atoms with E-state index in [0.29, 0.717) is 0 Å². The van der Waals surface area contributed by atoms with Crippen LogP contribution < -0.4 is 10.6 Å². The molecule has 3 heterocycles. The van der Waals surface area contributed by atoms with Gasteiger partial charge < -0.3 is 15.2 Å². The molecule has 2 aliphatic rings. The van der Waals surface area contributed by atoms with Gasteiger partial charge in [0.15, 0.2) is 5.76 Å². The second kappa shape index (κ2) is 9.11. The maximum Gasteiger partial charge on any atom is 0.167 e. The van der Waals surface area contributed by atoms with Gasteiger partial charge in [-0.3, -0.25) is 9.98 Å². The summed E-state index contributed by atoms with van der Waals surface area (Å²) in [4.78, 5) is 8.93. The summed E-state index contributed by atoms with van der Waals surface area (Å²) in [6.45, 7) is 3.46. The fraction of sp³-hybridized carbons (Fsp3) is 0.190. The molecule has 2 aromatic carbocycles. The summed E-state index contributed by atoms with van der Waals surface area (Å²) < 4.78 is 5.61. The number of nitrogens with one attached hydrogen (secondary N) is 2. The predicted octanol–water partition coefficient (Wildman–Crippen LogP) is 3.55. The van der Waals surface area contributed by atoms with Gasteiger partial charge in [0.05, 0.1) is 13.1 Å². The van der Waals surface area contributed by atoms with Crippen molar-refractivity contribution in [1.29, 1.82) is 0 Å². The second-order valence-electron chi connectivity index (χ2n) is 6.55. The number of hydrogen-bond donors (Lipinski definition) is 2. The Morgan fingerprint density at radius 2 is 1.31 bits per heavy atom. The monoisotopic (exact) mass is 429 g/mol. The Morgan fingerprint density at radius 1 is 0.690 bits per heavy atom. The normalized spacial score (nSPS) is 14.8. The quantitative estimate of drug-likeness (QED) is 0.664. The molecule has 0 saturated heterocycles. The van der Waals surface area contributed by atoms with Gasteiger partial charge in [0.1, 0.15) is 17.4 Å². The summed E-state index contributed by atoms with van der Waals surface area (Å²) >= 11 is 0. The first-order chi connectivity index (χ1) is 13.4. The lowest BCUT2D eigenvalue weighted by Crippen LogP contribution is -2.19. The van der Waals surface area contributed by atoms with Crippen molar-refractivity contribution in [3.8, 4) is 22.6 Å². The van der Waals surface area contributed by atoms with Gasteiger partial charge in [-0.25, -0.2) is 0 Å². The smallest absolute Gasteiger partial charge is 0.167 e. The number of halogens is 2. The van der Waals surface area contributed by atoms with Crippen LogP contribution >= 0.6 is 24.8 Å². The van der Waals surface area contributed by atoms with Crippen LogP contribution in [-0.2, 0) is 0 Å².